The van der Waals surface area contributed by atoms with Gasteiger partial charge in [0.05, 0.1) is 6.10 Å². The Hall–Kier alpha value is -1.13. The Kier molecular flexibility index (Phi) is 2.62. The molecule has 0 bridgehead atoms. The fraction of sp³-hybridized carbons (Fsp3) is 0.375. The molecular formula is C8H10O4. The quantitative estimate of drug-likeness (QED) is 0.559. The molecule has 1 heterocycles. The third-order valence-corrected chi connectivity index (χ3v) is 1.43. The minimum atomic E-state index is -1.00. The highest BCUT2D eigenvalue weighted by atomic mass is 16.5. The van der Waals surface area contributed by atoms with Gasteiger partial charge in [-0.15, -0.1) is 0 Å². The zero-order valence-electron chi connectivity index (χ0n) is 6.60. The molecule has 0 aromatic rings. The van der Waals surface area contributed by atoms with E-state index in [0.29, 0.717) is 0 Å². The highest BCUT2D eigenvalue weighted by Gasteiger charge is 2.13. The molecule has 0 fully saturated rings. The van der Waals surface area contributed by atoms with E-state index >= 15 is 0 Å². The standard InChI is InChI=1S/C8H10O4/c1-5(9)7(10)4-6-2-3-8(11)12-6/h2-5,7,9-10H,1H3/b6-4-/t5-,7-/m0/s1. The molecule has 0 spiro atoms. The van der Waals surface area contributed by atoms with E-state index in [4.69, 9.17) is 10.2 Å². The molecule has 0 saturated heterocycles. The molecule has 0 aromatic heterocycles. The van der Waals surface area contributed by atoms with Crippen molar-refractivity contribution in [2.75, 3.05) is 0 Å². The normalized spacial score (nSPS) is 24.2. The average Bonchev–Trinajstić information content (AvgIpc) is 2.35. The molecule has 1 rings (SSSR count). The van der Waals surface area contributed by atoms with Gasteiger partial charge in [-0.2, -0.15) is 0 Å². The van der Waals surface area contributed by atoms with Gasteiger partial charge < -0.3 is 14.9 Å². The summed E-state index contributed by atoms with van der Waals surface area (Å²) in [5.41, 5.74) is 0. The van der Waals surface area contributed by atoms with Gasteiger partial charge in [0, 0.05) is 6.08 Å². The van der Waals surface area contributed by atoms with Crippen molar-refractivity contribution in [2.24, 2.45) is 0 Å². The Morgan fingerprint density at radius 3 is 2.58 bits per heavy atom. The fourth-order valence-corrected chi connectivity index (χ4v) is 0.732. The van der Waals surface area contributed by atoms with Crippen LogP contribution < -0.4 is 0 Å². The molecule has 0 aliphatic carbocycles. The molecule has 12 heavy (non-hydrogen) atoms. The van der Waals surface area contributed by atoms with Crippen molar-refractivity contribution in [3.8, 4) is 0 Å². The lowest BCUT2D eigenvalue weighted by atomic mass is 10.2. The predicted octanol–water partition coefficient (Wildman–Crippen LogP) is -0.275. The molecule has 2 N–H and O–H groups in total. The topological polar surface area (TPSA) is 66.8 Å². The van der Waals surface area contributed by atoms with Gasteiger partial charge in [0.15, 0.2) is 0 Å². The Morgan fingerprint density at radius 1 is 1.50 bits per heavy atom. The summed E-state index contributed by atoms with van der Waals surface area (Å²) >= 11 is 0. The number of ether oxygens (including phenoxy) is 1. The van der Waals surface area contributed by atoms with Crippen LogP contribution in [0.4, 0.5) is 0 Å². The Balaban J connectivity index is 2.59. The Morgan fingerprint density at radius 2 is 2.17 bits per heavy atom. The minimum Gasteiger partial charge on any atom is -0.424 e. The first kappa shape index (κ1) is 8.96. The monoisotopic (exact) mass is 170 g/mol. The second-order valence-corrected chi connectivity index (χ2v) is 2.55. The summed E-state index contributed by atoms with van der Waals surface area (Å²) in [4.78, 5) is 10.5. The van der Waals surface area contributed by atoms with Gasteiger partial charge in [0.1, 0.15) is 11.9 Å². The van der Waals surface area contributed by atoms with E-state index in [1.54, 1.807) is 0 Å². The Bertz CT molecular complexity index is 239. The first-order chi connectivity index (χ1) is 5.59. The summed E-state index contributed by atoms with van der Waals surface area (Å²) in [6.45, 7) is 1.45. The molecule has 0 amide bonds. The van der Waals surface area contributed by atoms with Crippen molar-refractivity contribution in [3.63, 3.8) is 0 Å². The van der Waals surface area contributed by atoms with Gasteiger partial charge in [-0.3, -0.25) is 0 Å². The molecular weight excluding hydrogens is 160 g/mol. The van der Waals surface area contributed by atoms with E-state index in [1.165, 1.54) is 25.2 Å². The fourth-order valence-electron chi connectivity index (χ4n) is 0.732. The van der Waals surface area contributed by atoms with Gasteiger partial charge in [-0.1, -0.05) is 0 Å². The molecule has 66 valence electrons. The summed E-state index contributed by atoms with van der Waals surface area (Å²) in [6, 6.07) is 0. The molecule has 0 aromatic carbocycles. The van der Waals surface area contributed by atoms with Crippen molar-refractivity contribution in [3.05, 3.63) is 24.0 Å². The zero-order chi connectivity index (χ0) is 9.14. The maximum absolute atomic E-state index is 10.5. The van der Waals surface area contributed by atoms with Crippen LogP contribution in [0.15, 0.2) is 24.0 Å². The average molecular weight is 170 g/mol. The highest BCUT2D eigenvalue weighted by Crippen LogP contribution is 2.10. The lowest BCUT2D eigenvalue weighted by molar-refractivity contribution is -0.132. The zero-order valence-corrected chi connectivity index (χ0v) is 6.60. The van der Waals surface area contributed by atoms with Crippen LogP contribution in [0.5, 0.6) is 0 Å². The molecule has 1 aliphatic heterocycles. The minimum absolute atomic E-state index is 0.272. The number of carbonyl (C=O) groups is 1. The summed E-state index contributed by atoms with van der Waals surface area (Å²) in [6.07, 6.45) is 2.10. The molecule has 4 nitrogen and oxygen atoms in total. The van der Waals surface area contributed by atoms with Crippen LogP contribution in [0.1, 0.15) is 6.92 Å². The third kappa shape index (κ3) is 2.18. The van der Waals surface area contributed by atoms with Crippen molar-refractivity contribution in [1.29, 1.82) is 0 Å². The predicted molar refractivity (Wildman–Crippen MR) is 41.0 cm³/mol. The van der Waals surface area contributed by atoms with Gasteiger partial charge >= 0.3 is 5.97 Å². The number of hydrogen-bond acceptors (Lipinski definition) is 4. The van der Waals surface area contributed by atoms with Gasteiger partial charge in [-0.05, 0) is 19.1 Å². The van der Waals surface area contributed by atoms with Crippen molar-refractivity contribution >= 4 is 5.97 Å². The molecule has 2 atom stereocenters. The molecule has 4 heteroatoms. The van der Waals surface area contributed by atoms with Crippen LogP contribution >= 0.6 is 0 Å². The van der Waals surface area contributed by atoms with E-state index in [-0.39, 0.29) is 5.76 Å². The number of carbonyl (C=O) groups excluding carboxylic acids is 1. The largest absolute Gasteiger partial charge is 0.424 e. The molecule has 0 unspecified atom stereocenters. The van der Waals surface area contributed by atoms with Crippen molar-refractivity contribution in [1.82, 2.24) is 0 Å². The molecule has 0 radical (unpaired) electrons. The number of aliphatic hydroxyl groups is 2. The van der Waals surface area contributed by atoms with Gasteiger partial charge in [-0.25, -0.2) is 4.79 Å². The van der Waals surface area contributed by atoms with Crippen molar-refractivity contribution in [2.45, 2.75) is 19.1 Å². The second-order valence-electron chi connectivity index (χ2n) is 2.55. The van der Waals surface area contributed by atoms with Crippen LogP contribution in [0.2, 0.25) is 0 Å². The first-order valence-corrected chi connectivity index (χ1v) is 3.57. The first-order valence-electron chi connectivity index (χ1n) is 3.57. The highest BCUT2D eigenvalue weighted by molar-refractivity contribution is 5.86. The summed E-state index contributed by atoms with van der Waals surface area (Å²) in [5, 5.41) is 18.0. The lowest BCUT2D eigenvalue weighted by Crippen LogP contribution is -2.20. The second kappa shape index (κ2) is 3.51. The summed E-state index contributed by atoms with van der Waals surface area (Å²) in [7, 11) is 0. The number of allylic oxidation sites excluding steroid dienone is 1. The van der Waals surface area contributed by atoms with Crippen LogP contribution in [0.25, 0.3) is 0 Å². The van der Waals surface area contributed by atoms with Crippen molar-refractivity contribution < 1.29 is 19.7 Å². The summed E-state index contributed by atoms with van der Waals surface area (Å²) < 4.78 is 4.62. The number of cyclic esters (lactones) is 1. The van der Waals surface area contributed by atoms with Crippen LogP contribution in [0.3, 0.4) is 0 Å². The van der Waals surface area contributed by atoms with Crippen LogP contribution in [-0.2, 0) is 9.53 Å². The van der Waals surface area contributed by atoms with E-state index in [9.17, 15) is 4.79 Å². The lowest BCUT2D eigenvalue weighted by Gasteiger charge is -2.08. The third-order valence-electron chi connectivity index (χ3n) is 1.43. The van der Waals surface area contributed by atoms with E-state index < -0.39 is 18.2 Å². The maximum atomic E-state index is 10.5. The number of rotatable bonds is 2. The summed E-state index contributed by atoms with van der Waals surface area (Å²) in [5.74, 6) is -0.188. The van der Waals surface area contributed by atoms with Gasteiger partial charge in [0.2, 0.25) is 0 Å². The van der Waals surface area contributed by atoms with E-state index in [2.05, 4.69) is 4.74 Å². The number of esters is 1. The maximum Gasteiger partial charge on any atom is 0.336 e. The Labute approximate surface area is 69.8 Å². The SMILES string of the molecule is C[C@H](O)[C@@H](O)/C=C1/C=CC(=O)O1. The molecule has 0 saturated carbocycles. The van der Waals surface area contributed by atoms with Crippen LogP contribution in [0, 0.1) is 0 Å². The van der Waals surface area contributed by atoms with Gasteiger partial charge in [0.25, 0.3) is 0 Å². The number of hydrogen-bond donors (Lipinski definition) is 2. The van der Waals surface area contributed by atoms with Crippen LogP contribution in [-0.4, -0.2) is 28.4 Å². The van der Waals surface area contributed by atoms with E-state index in [0.717, 1.165) is 0 Å². The van der Waals surface area contributed by atoms with E-state index in [1.807, 2.05) is 0 Å². The molecule has 1 aliphatic rings. The smallest absolute Gasteiger partial charge is 0.336 e. The number of aliphatic hydroxyl groups excluding tert-OH is 2.